The second-order valence-electron chi connectivity index (χ2n) is 4.53. The summed E-state index contributed by atoms with van der Waals surface area (Å²) in [5, 5.41) is 3.83. The first-order chi connectivity index (χ1) is 10.0. The van der Waals surface area contributed by atoms with Crippen LogP contribution in [-0.2, 0) is 0 Å². The van der Waals surface area contributed by atoms with E-state index in [1.807, 2.05) is 12.1 Å². The van der Waals surface area contributed by atoms with E-state index in [-0.39, 0.29) is 11.6 Å². The second kappa shape index (κ2) is 7.20. The van der Waals surface area contributed by atoms with Crippen LogP contribution in [0.15, 0.2) is 46.9 Å². The Morgan fingerprint density at radius 1 is 1.10 bits per heavy atom. The van der Waals surface area contributed by atoms with Crippen molar-refractivity contribution in [3.8, 4) is 0 Å². The molecule has 0 amide bonds. The molecule has 2 rings (SSSR count). The lowest BCUT2D eigenvalue weighted by atomic mass is 10.0. The van der Waals surface area contributed by atoms with Gasteiger partial charge in [0.25, 0.3) is 6.43 Å². The number of rotatable bonds is 5. The maximum Gasteiger partial charge on any atom is 0.263 e. The third kappa shape index (κ3) is 4.15. The molecule has 0 saturated heterocycles. The SMILES string of the molecule is NCC(Nc1ccc(Br)c(Cl)c1)c1ccc(C(F)F)cc1. The molecule has 6 heteroatoms. The van der Waals surface area contributed by atoms with Crippen molar-refractivity contribution < 1.29 is 8.78 Å². The first kappa shape index (κ1) is 16.2. The maximum absolute atomic E-state index is 12.6. The Hall–Kier alpha value is -1.17. The molecular formula is C15H14BrClF2N2. The van der Waals surface area contributed by atoms with Gasteiger partial charge in [0, 0.05) is 22.3 Å². The van der Waals surface area contributed by atoms with Gasteiger partial charge in [-0.2, -0.15) is 0 Å². The standard InChI is InChI=1S/C15H14BrClF2N2/c16-12-6-5-11(7-13(12)17)21-14(8-20)9-1-3-10(4-2-9)15(18)19/h1-7,14-15,21H,8,20H2. The fourth-order valence-corrected chi connectivity index (χ4v) is 2.37. The topological polar surface area (TPSA) is 38.0 Å². The molecule has 21 heavy (non-hydrogen) atoms. The molecular weight excluding hydrogens is 362 g/mol. The zero-order valence-corrected chi connectivity index (χ0v) is 13.3. The molecule has 0 saturated carbocycles. The van der Waals surface area contributed by atoms with Gasteiger partial charge >= 0.3 is 0 Å². The number of nitrogens with two attached hydrogens (primary N) is 1. The molecule has 112 valence electrons. The van der Waals surface area contributed by atoms with Crippen LogP contribution in [0.2, 0.25) is 5.02 Å². The monoisotopic (exact) mass is 374 g/mol. The van der Waals surface area contributed by atoms with Crippen molar-refractivity contribution in [1.82, 2.24) is 0 Å². The van der Waals surface area contributed by atoms with Gasteiger partial charge < -0.3 is 11.1 Å². The highest BCUT2D eigenvalue weighted by atomic mass is 79.9. The Morgan fingerprint density at radius 3 is 2.24 bits per heavy atom. The first-order valence-electron chi connectivity index (χ1n) is 6.31. The number of benzene rings is 2. The van der Waals surface area contributed by atoms with Gasteiger partial charge in [-0.05, 0) is 39.7 Å². The van der Waals surface area contributed by atoms with Crippen LogP contribution in [0.4, 0.5) is 14.5 Å². The van der Waals surface area contributed by atoms with Gasteiger partial charge in [0.1, 0.15) is 0 Å². The molecule has 1 unspecified atom stereocenters. The summed E-state index contributed by atoms with van der Waals surface area (Å²) >= 11 is 9.36. The molecule has 0 aliphatic rings. The lowest BCUT2D eigenvalue weighted by molar-refractivity contribution is 0.151. The van der Waals surface area contributed by atoms with Gasteiger partial charge in [-0.25, -0.2) is 8.78 Å². The maximum atomic E-state index is 12.6. The zero-order chi connectivity index (χ0) is 15.4. The number of halogens is 4. The number of hydrogen-bond acceptors (Lipinski definition) is 2. The van der Waals surface area contributed by atoms with Gasteiger partial charge in [-0.1, -0.05) is 35.9 Å². The summed E-state index contributed by atoms with van der Waals surface area (Å²) in [6.07, 6.45) is -2.46. The highest BCUT2D eigenvalue weighted by Gasteiger charge is 2.12. The smallest absolute Gasteiger partial charge is 0.263 e. The Balaban J connectivity index is 2.17. The molecule has 0 heterocycles. The molecule has 0 radical (unpaired) electrons. The van der Waals surface area contributed by atoms with E-state index in [4.69, 9.17) is 17.3 Å². The minimum Gasteiger partial charge on any atom is -0.377 e. The molecule has 0 aromatic heterocycles. The Morgan fingerprint density at radius 2 is 1.71 bits per heavy atom. The van der Waals surface area contributed by atoms with Gasteiger partial charge in [0.05, 0.1) is 11.1 Å². The van der Waals surface area contributed by atoms with Crippen LogP contribution < -0.4 is 11.1 Å². The van der Waals surface area contributed by atoms with Gasteiger partial charge in [-0.3, -0.25) is 0 Å². The van der Waals surface area contributed by atoms with Crippen LogP contribution in [0.5, 0.6) is 0 Å². The molecule has 2 aromatic carbocycles. The van der Waals surface area contributed by atoms with Crippen molar-refractivity contribution in [3.63, 3.8) is 0 Å². The summed E-state index contributed by atoms with van der Waals surface area (Å²) in [7, 11) is 0. The van der Waals surface area contributed by atoms with Crippen molar-refractivity contribution in [2.45, 2.75) is 12.5 Å². The van der Waals surface area contributed by atoms with Crippen LogP contribution in [0.1, 0.15) is 23.6 Å². The summed E-state index contributed by atoms with van der Waals surface area (Å²) < 4.78 is 25.9. The zero-order valence-electron chi connectivity index (χ0n) is 11.0. The first-order valence-corrected chi connectivity index (χ1v) is 7.48. The van der Waals surface area contributed by atoms with Crippen molar-refractivity contribution in [1.29, 1.82) is 0 Å². The third-order valence-electron chi connectivity index (χ3n) is 3.09. The Labute approximate surface area is 135 Å². The molecule has 0 fully saturated rings. The third-order valence-corrected chi connectivity index (χ3v) is 4.32. The molecule has 2 aromatic rings. The van der Waals surface area contributed by atoms with E-state index in [0.717, 1.165) is 15.7 Å². The molecule has 2 nitrogen and oxygen atoms in total. The summed E-state index contributed by atoms with van der Waals surface area (Å²) in [5.74, 6) is 0. The highest BCUT2D eigenvalue weighted by molar-refractivity contribution is 9.10. The number of alkyl halides is 2. The second-order valence-corrected chi connectivity index (χ2v) is 5.79. The van der Waals surface area contributed by atoms with Crippen LogP contribution in [0.3, 0.4) is 0 Å². The Kier molecular flexibility index (Phi) is 5.56. The predicted molar refractivity (Wildman–Crippen MR) is 86.0 cm³/mol. The van der Waals surface area contributed by atoms with E-state index < -0.39 is 6.43 Å². The molecule has 0 spiro atoms. The largest absolute Gasteiger partial charge is 0.377 e. The van der Waals surface area contributed by atoms with E-state index in [2.05, 4.69) is 21.2 Å². The summed E-state index contributed by atoms with van der Waals surface area (Å²) in [5.41, 5.74) is 7.43. The van der Waals surface area contributed by atoms with E-state index in [0.29, 0.717) is 11.6 Å². The average Bonchev–Trinajstić information content (AvgIpc) is 2.48. The van der Waals surface area contributed by atoms with Crippen molar-refractivity contribution in [2.24, 2.45) is 5.73 Å². The van der Waals surface area contributed by atoms with Gasteiger partial charge in [0.15, 0.2) is 0 Å². The molecule has 0 aliphatic carbocycles. The summed E-state index contributed by atoms with van der Waals surface area (Å²) in [6.45, 7) is 0.335. The Bertz CT molecular complexity index is 605. The molecule has 0 bridgehead atoms. The fraction of sp³-hybridized carbons (Fsp3) is 0.200. The average molecular weight is 376 g/mol. The van der Waals surface area contributed by atoms with Crippen molar-refractivity contribution >= 4 is 33.2 Å². The van der Waals surface area contributed by atoms with E-state index in [1.165, 1.54) is 12.1 Å². The van der Waals surface area contributed by atoms with Crippen LogP contribution in [-0.4, -0.2) is 6.54 Å². The lowest BCUT2D eigenvalue weighted by Gasteiger charge is -2.19. The predicted octanol–water partition coefficient (Wildman–Crippen LogP) is 5.15. The van der Waals surface area contributed by atoms with Crippen molar-refractivity contribution in [2.75, 3.05) is 11.9 Å². The molecule has 1 atom stereocenters. The fourth-order valence-electron chi connectivity index (χ4n) is 1.94. The van der Waals surface area contributed by atoms with Gasteiger partial charge in [-0.15, -0.1) is 0 Å². The summed E-state index contributed by atoms with van der Waals surface area (Å²) in [4.78, 5) is 0. The minimum atomic E-state index is -2.46. The summed E-state index contributed by atoms with van der Waals surface area (Å²) in [6, 6.07) is 11.5. The normalized spacial score (nSPS) is 12.5. The van der Waals surface area contributed by atoms with Crippen LogP contribution in [0.25, 0.3) is 0 Å². The number of hydrogen-bond donors (Lipinski definition) is 2. The number of anilines is 1. The van der Waals surface area contributed by atoms with Crippen LogP contribution >= 0.6 is 27.5 Å². The highest BCUT2D eigenvalue weighted by Crippen LogP contribution is 2.28. The number of nitrogens with one attached hydrogen (secondary N) is 1. The lowest BCUT2D eigenvalue weighted by Crippen LogP contribution is -2.20. The minimum absolute atomic E-state index is 0.00112. The van der Waals surface area contributed by atoms with E-state index in [1.54, 1.807) is 18.2 Å². The molecule has 0 aliphatic heterocycles. The van der Waals surface area contributed by atoms with Gasteiger partial charge in [0.2, 0.25) is 0 Å². The molecule has 3 N–H and O–H groups in total. The van der Waals surface area contributed by atoms with E-state index in [9.17, 15) is 8.78 Å². The van der Waals surface area contributed by atoms with Crippen molar-refractivity contribution in [3.05, 3.63) is 63.1 Å². The quantitative estimate of drug-likeness (QED) is 0.758. The van der Waals surface area contributed by atoms with Crippen LogP contribution in [0, 0.1) is 0 Å². The van der Waals surface area contributed by atoms with E-state index >= 15 is 0 Å².